The van der Waals surface area contributed by atoms with E-state index in [4.69, 9.17) is 0 Å². The molecule has 3 heteroatoms. The van der Waals surface area contributed by atoms with Crippen LogP contribution in [0, 0.1) is 12.7 Å². The molecule has 0 aliphatic heterocycles. The van der Waals surface area contributed by atoms with Gasteiger partial charge in [-0.2, -0.15) is 11.8 Å². The predicted molar refractivity (Wildman–Crippen MR) is 70.7 cm³/mol. The fourth-order valence-electron chi connectivity index (χ4n) is 1.63. The Labute approximate surface area is 102 Å². The fraction of sp³-hybridized carbons (Fsp3) is 0.538. The lowest BCUT2D eigenvalue weighted by Gasteiger charge is -2.16. The maximum absolute atomic E-state index is 13.1. The SMILES string of the molecule is CCSCC(Cc1cc(F)ccc1C)NC. The second-order valence-corrected chi connectivity index (χ2v) is 5.24. The van der Waals surface area contributed by atoms with Crippen LogP contribution >= 0.6 is 11.8 Å². The molecule has 1 rings (SSSR count). The quantitative estimate of drug-likeness (QED) is 0.821. The van der Waals surface area contributed by atoms with Gasteiger partial charge in [-0.25, -0.2) is 4.39 Å². The van der Waals surface area contributed by atoms with Gasteiger partial charge in [0.25, 0.3) is 0 Å². The molecule has 1 aromatic rings. The summed E-state index contributed by atoms with van der Waals surface area (Å²) in [7, 11) is 1.97. The van der Waals surface area contributed by atoms with Crippen LogP contribution in [0.5, 0.6) is 0 Å². The molecule has 16 heavy (non-hydrogen) atoms. The standard InChI is InChI=1S/C13H20FNS/c1-4-16-9-13(15-3)8-11-7-12(14)6-5-10(11)2/h5-7,13,15H,4,8-9H2,1-3H3. The van der Waals surface area contributed by atoms with Gasteiger partial charge < -0.3 is 5.32 Å². The fourth-order valence-corrected chi connectivity index (χ4v) is 2.43. The highest BCUT2D eigenvalue weighted by atomic mass is 32.2. The number of thioether (sulfide) groups is 1. The van der Waals surface area contributed by atoms with Crippen LogP contribution in [-0.4, -0.2) is 24.6 Å². The van der Waals surface area contributed by atoms with Crippen molar-refractivity contribution in [3.63, 3.8) is 0 Å². The van der Waals surface area contributed by atoms with Gasteiger partial charge in [0.05, 0.1) is 0 Å². The van der Waals surface area contributed by atoms with Crippen LogP contribution in [0.4, 0.5) is 4.39 Å². The number of hydrogen-bond donors (Lipinski definition) is 1. The molecule has 0 amide bonds. The summed E-state index contributed by atoms with van der Waals surface area (Å²) in [6.45, 7) is 4.19. The largest absolute Gasteiger partial charge is 0.316 e. The van der Waals surface area contributed by atoms with E-state index in [-0.39, 0.29) is 5.82 Å². The van der Waals surface area contributed by atoms with Crippen molar-refractivity contribution in [2.24, 2.45) is 0 Å². The second-order valence-electron chi connectivity index (χ2n) is 3.92. The molecule has 0 saturated heterocycles. The Morgan fingerprint density at radius 2 is 2.19 bits per heavy atom. The zero-order chi connectivity index (χ0) is 12.0. The van der Waals surface area contributed by atoms with E-state index in [1.165, 1.54) is 11.6 Å². The van der Waals surface area contributed by atoms with E-state index in [2.05, 4.69) is 12.2 Å². The molecule has 0 aromatic heterocycles. The highest BCUT2D eigenvalue weighted by Gasteiger charge is 2.09. The minimum Gasteiger partial charge on any atom is -0.316 e. The molecular formula is C13H20FNS. The van der Waals surface area contributed by atoms with Gasteiger partial charge in [-0.1, -0.05) is 13.0 Å². The number of hydrogen-bond acceptors (Lipinski definition) is 2. The van der Waals surface area contributed by atoms with Crippen LogP contribution in [0.1, 0.15) is 18.1 Å². The lowest BCUT2D eigenvalue weighted by atomic mass is 10.0. The summed E-state index contributed by atoms with van der Waals surface area (Å²) in [5.74, 6) is 2.06. The van der Waals surface area contributed by atoms with Gasteiger partial charge in [0.15, 0.2) is 0 Å². The van der Waals surface area contributed by atoms with Crippen molar-refractivity contribution in [2.45, 2.75) is 26.3 Å². The zero-order valence-corrected chi connectivity index (χ0v) is 11.0. The number of aryl methyl sites for hydroxylation is 1. The van der Waals surface area contributed by atoms with Gasteiger partial charge in [-0.3, -0.25) is 0 Å². The van der Waals surface area contributed by atoms with E-state index in [0.29, 0.717) is 6.04 Å². The van der Waals surface area contributed by atoms with Crippen LogP contribution in [0.3, 0.4) is 0 Å². The average Bonchev–Trinajstić information content (AvgIpc) is 2.28. The van der Waals surface area contributed by atoms with Crippen molar-refractivity contribution in [3.05, 3.63) is 35.1 Å². The van der Waals surface area contributed by atoms with Crippen LogP contribution < -0.4 is 5.32 Å². The van der Waals surface area contributed by atoms with Crippen LogP contribution in [0.25, 0.3) is 0 Å². The van der Waals surface area contributed by atoms with E-state index >= 15 is 0 Å². The molecule has 0 bridgehead atoms. The van der Waals surface area contributed by atoms with Gasteiger partial charge >= 0.3 is 0 Å². The van der Waals surface area contributed by atoms with E-state index < -0.39 is 0 Å². The molecule has 90 valence electrons. The van der Waals surface area contributed by atoms with Crippen LogP contribution in [-0.2, 0) is 6.42 Å². The van der Waals surface area contributed by atoms with E-state index in [1.54, 1.807) is 6.07 Å². The first-order valence-electron chi connectivity index (χ1n) is 5.67. The Kier molecular flexibility index (Phi) is 5.85. The number of benzene rings is 1. The van der Waals surface area contributed by atoms with Gasteiger partial charge in [0.1, 0.15) is 5.82 Å². The van der Waals surface area contributed by atoms with Gasteiger partial charge in [0.2, 0.25) is 0 Å². The first-order chi connectivity index (χ1) is 7.67. The molecule has 1 atom stereocenters. The van der Waals surface area contributed by atoms with E-state index in [1.807, 2.05) is 31.8 Å². The molecule has 1 nitrogen and oxygen atoms in total. The molecule has 0 radical (unpaired) electrons. The number of likely N-dealkylation sites (N-methyl/N-ethyl adjacent to an activating group) is 1. The van der Waals surface area contributed by atoms with Gasteiger partial charge in [-0.15, -0.1) is 0 Å². The third-order valence-corrected chi connectivity index (χ3v) is 3.76. The molecule has 0 fully saturated rings. The Morgan fingerprint density at radius 3 is 2.81 bits per heavy atom. The summed E-state index contributed by atoms with van der Waals surface area (Å²) in [6.07, 6.45) is 0.896. The summed E-state index contributed by atoms with van der Waals surface area (Å²) in [5.41, 5.74) is 2.28. The monoisotopic (exact) mass is 241 g/mol. The summed E-state index contributed by atoms with van der Waals surface area (Å²) in [5, 5.41) is 3.29. The molecule has 0 heterocycles. The highest BCUT2D eigenvalue weighted by molar-refractivity contribution is 7.99. The Hall–Kier alpha value is -0.540. The normalized spacial score (nSPS) is 12.8. The van der Waals surface area contributed by atoms with Crippen molar-refractivity contribution in [1.29, 1.82) is 0 Å². The number of nitrogens with one attached hydrogen (secondary N) is 1. The molecule has 0 spiro atoms. The van der Waals surface area contributed by atoms with Crippen molar-refractivity contribution in [3.8, 4) is 0 Å². The van der Waals surface area contributed by atoms with Crippen molar-refractivity contribution >= 4 is 11.8 Å². The lowest BCUT2D eigenvalue weighted by molar-refractivity contribution is 0.601. The molecular weight excluding hydrogens is 221 g/mol. The first-order valence-corrected chi connectivity index (χ1v) is 6.82. The van der Waals surface area contributed by atoms with Crippen molar-refractivity contribution in [2.75, 3.05) is 18.6 Å². The average molecular weight is 241 g/mol. The molecule has 0 saturated carbocycles. The maximum atomic E-state index is 13.1. The maximum Gasteiger partial charge on any atom is 0.123 e. The third kappa shape index (κ3) is 4.14. The van der Waals surface area contributed by atoms with Crippen molar-refractivity contribution < 1.29 is 4.39 Å². The topological polar surface area (TPSA) is 12.0 Å². The summed E-state index contributed by atoms with van der Waals surface area (Å²) < 4.78 is 13.1. The molecule has 1 aromatic carbocycles. The third-order valence-electron chi connectivity index (χ3n) is 2.71. The number of halogens is 1. The van der Waals surface area contributed by atoms with E-state index in [9.17, 15) is 4.39 Å². The molecule has 0 aliphatic rings. The lowest BCUT2D eigenvalue weighted by Crippen LogP contribution is -2.30. The van der Waals surface area contributed by atoms with Gasteiger partial charge in [-0.05, 0) is 49.4 Å². The highest BCUT2D eigenvalue weighted by Crippen LogP contribution is 2.14. The van der Waals surface area contributed by atoms with Crippen LogP contribution in [0.15, 0.2) is 18.2 Å². The smallest absolute Gasteiger partial charge is 0.123 e. The Bertz CT molecular complexity index is 328. The molecule has 1 N–H and O–H groups in total. The zero-order valence-electron chi connectivity index (χ0n) is 10.2. The number of rotatable bonds is 6. The second kappa shape index (κ2) is 6.92. The minimum atomic E-state index is -0.140. The first kappa shape index (κ1) is 13.5. The molecule has 0 aliphatic carbocycles. The van der Waals surface area contributed by atoms with Crippen LogP contribution in [0.2, 0.25) is 0 Å². The molecule has 1 unspecified atom stereocenters. The van der Waals surface area contributed by atoms with Gasteiger partial charge in [0, 0.05) is 11.8 Å². The van der Waals surface area contributed by atoms with Crippen molar-refractivity contribution in [1.82, 2.24) is 5.32 Å². The Balaban J connectivity index is 2.65. The summed E-state index contributed by atoms with van der Waals surface area (Å²) in [6, 6.07) is 5.44. The minimum absolute atomic E-state index is 0.140. The van der Waals surface area contributed by atoms with E-state index in [0.717, 1.165) is 23.5 Å². The predicted octanol–water partition coefficient (Wildman–Crippen LogP) is 3.02. The Morgan fingerprint density at radius 1 is 1.44 bits per heavy atom. The summed E-state index contributed by atoms with van der Waals surface area (Å²) in [4.78, 5) is 0. The summed E-state index contributed by atoms with van der Waals surface area (Å²) >= 11 is 1.91.